The van der Waals surface area contributed by atoms with Gasteiger partial charge in [-0.2, -0.15) is 13.2 Å². The summed E-state index contributed by atoms with van der Waals surface area (Å²) in [4.78, 5) is 33.1. The van der Waals surface area contributed by atoms with Crippen LogP contribution in [0.5, 0.6) is 0 Å². The Morgan fingerprint density at radius 3 is 2.33 bits per heavy atom. The molecule has 0 radical (unpaired) electrons. The molecule has 2 amide bonds. The molecule has 2 saturated carbocycles. The predicted molar refractivity (Wildman–Crippen MR) is 120 cm³/mol. The smallest absolute Gasteiger partial charge is 0.342 e. The van der Waals surface area contributed by atoms with Gasteiger partial charge in [-0.25, -0.2) is 8.78 Å². The Kier molecular flexibility index (Phi) is 5.04. The fourth-order valence-corrected chi connectivity index (χ4v) is 4.98. The number of amidine groups is 1. The molecule has 1 saturated heterocycles. The summed E-state index contributed by atoms with van der Waals surface area (Å²) in [6.45, 7) is 1.38. The Bertz CT molecular complexity index is 1310. The summed E-state index contributed by atoms with van der Waals surface area (Å²) < 4.78 is 68.9. The monoisotopic (exact) mass is 503 g/mol. The molecular formula is C26H22F5N3O2. The molecule has 1 spiro atoms. The lowest BCUT2D eigenvalue weighted by atomic mass is 9.97. The van der Waals surface area contributed by atoms with Crippen LogP contribution in [0.2, 0.25) is 0 Å². The van der Waals surface area contributed by atoms with Crippen LogP contribution in [0.3, 0.4) is 0 Å². The zero-order valence-electron chi connectivity index (χ0n) is 19.1. The molecule has 4 aliphatic rings. The maximum Gasteiger partial charge on any atom is 0.416 e. The van der Waals surface area contributed by atoms with Crippen LogP contribution in [0.1, 0.15) is 36.8 Å². The van der Waals surface area contributed by atoms with Gasteiger partial charge in [0.15, 0.2) is 0 Å². The Morgan fingerprint density at radius 2 is 1.72 bits per heavy atom. The third-order valence-corrected chi connectivity index (χ3v) is 7.39. The van der Waals surface area contributed by atoms with Crippen molar-refractivity contribution in [1.82, 2.24) is 9.80 Å². The largest absolute Gasteiger partial charge is 0.416 e. The van der Waals surface area contributed by atoms with Gasteiger partial charge in [0.25, 0.3) is 5.91 Å². The van der Waals surface area contributed by atoms with E-state index in [2.05, 4.69) is 4.99 Å². The first-order valence-electron chi connectivity index (χ1n) is 11.9. The molecule has 0 bridgehead atoms. The first kappa shape index (κ1) is 23.1. The first-order valence-corrected chi connectivity index (χ1v) is 11.9. The van der Waals surface area contributed by atoms with Crippen molar-refractivity contribution < 1.29 is 31.5 Å². The zero-order chi connectivity index (χ0) is 25.4. The standard InChI is InChI=1S/C26H22F5N3O2/c27-20-6-4-17(26(29,30)31)10-19(20)16-3-5-18(21(28)9-16)22-32-25(7-8-25)24(36)34(22)13-14-11-33(12-14)23(35)15-1-2-15/h3-6,9-10,14-15H,1-2,7-8,11-13H2. The molecule has 0 atom stereocenters. The van der Waals surface area contributed by atoms with Crippen molar-refractivity contribution in [2.24, 2.45) is 16.8 Å². The van der Waals surface area contributed by atoms with E-state index in [1.807, 2.05) is 0 Å². The number of rotatable bonds is 5. The molecule has 36 heavy (non-hydrogen) atoms. The van der Waals surface area contributed by atoms with E-state index >= 15 is 4.39 Å². The number of likely N-dealkylation sites (tertiary alicyclic amines) is 1. The minimum Gasteiger partial charge on any atom is -0.342 e. The van der Waals surface area contributed by atoms with Crippen LogP contribution < -0.4 is 0 Å². The second kappa shape index (κ2) is 7.85. The molecule has 3 fully saturated rings. The van der Waals surface area contributed by atoms with E-state index in [1.165, 1.54) is 17.0 Å². The maximum atomic E-state index is 15.3. The third kappa shape index (κ3) is 3.87. The number of aliphatic imine (C=N–C) groups is 1. The summed E-state index contributed by atoms with van der Waals surface area (Å²) in [5, 5.41) is 0. The lowest BCUT2D eigenvalue weighted by Gasteiger charge is -2.41. The van der Waals surface area contributed by atoms with Crippen molar-refractivity contribution in [3.8, 4) is 11.1 Å². The number of amides is 2. The summed E-state index contributed by atoms with van der Waals surface area (Å²) in [5.41, 5.74) is -2.30. The average Bonchev–Trinajstić information content (AvgIpc) is 3.71. The van der Waals surface area contributed by atoms with Crippen LogP contribution in [0, 0.1) is 23.5 Å². The quantitative estimate of drug-likeness (QED) is 0.559. The number of nitrogens with zero attached hydrogens (tertiary/aromatic N) is 3. The van der Waals surface area contributed by atoms with E-state index in [1.54, 1.807) is 4.90 Å². The van der Waals surface area contributed by atoms with Gasteiger partial charge in [0, 0.05) is 37.0 Å². The predicted octanol–water partition coefficient (Wildman–Crippen LogP) is 4.64. The van der Waals surface area contributed by atoms with E-state index in [4.69, 9.17) is 0 Å². The van der Waals surface area contributed by atoms with Crippen LogP contribution in [-0.4, -0.2) is 52.6 Å². The van der Waals surface area contributed by atoms with Gasteiger partial charge >= 0.3 is 6.18 Å². The molecule has 0 unspecified atom stereocenters. The lowest BCUT2D eigenvalue weighted by Crippen LogP contribution is -2.55. The highest BCUT2D eigenvalue weighted by Crippen LogP contribution is 2.47. The molecule has 6 rings (SSSR count). The third-order valence-electron chi connectivity index (χ3n) is 7.39. The van der Waals surface area contributed by atoms with Gasteiger partial charge < -0.3 is 4.90 Å². The number of hydrogen-bond donors (Lipinski definition) is 0. The fraction of sp³-hybridized carbons (Fsp3) is 0.423. The molecule has 5 nitrogen and oxygen atoms in total. The molecule has 2 heterocycles. The van der Waals surface area contributed by atoms with Crippen molar-refractivity contribution in [2.45, 2.75) is 37.4 Å². The van der Waals surface area contributed by atoms with Crippen molar-refractivity contribution in [1.29, 1.82) is 0 Å². The van der Waals surface area contributed by atoms with Crippen molar-refractivity contribution in [3.63, 3.8) is 0 Å². The van der Waals surface area contributed by atoms with Gasteiger partial charge in [-0.3, -0.25) is 19.5 Å². The lowest BCUT2D eigenvalue weighted by molar-refractivity contribution is -0.140. The minimum atomic E-state index is -4.67. The number of alkyl halides is 3. The van der Waals surface area contributed by atoms with Crippen LogP contribution >= 0.6 is 0 Å². The summed E-state index contributed by atoms with van der Waals surface area (Å²) >= 11 is 0. The van der Waals surface area contributed by atoms with E-state index < -0.39 is 28.9 Å². The molecule has 2 aromatic carbocycles. The summed E-state index contributed by atoms with van der Waals surface area (Å²) in [5.74, 6) is -1.40. The van der Waals surface area contributed by atoms with Gasteiger partial charge in [0.2, 0.25) is 5.91 Å². The zero-order valence-corrected chi connectivity index (χ0v) is 19.1. The Labute approximate surface area is 203 Å². The van der Waals surface area contributed by atoms with Gasteiger partial charge in [0.05, 0.1) is 11.1 Å². The summed E-state index contributed by atoms with van der Waals surface area (Å²) in [7, 11) is 0. The Morgan fingerprint density at radius 1 is 1.00 bits per heavy atom. The van der Waals surface area contributed by atoms with Crippen molar-refractivity contribution >= 4 is 17.6 Å². The van der Waals surface area contributed by atoms with Gasteiger partial charge in [-0.1, -0.05) is 6.07 Å². The Hall–Kier alpha value is -3.30. The fourth-order valence-electron chi connectivity index (χ4n) is 4.98. The van der Waals surface area contributed by atoms with Crippen LogP contribution in [-0.2, 0) is 15.8 Å². The number of carbonyl (C=O) groups is 2. The highest BCUT2D eigenvalue weighted by atomic mass is 19.4. The highest BCUT2D eigenvalue weighted by molar-refractivity contribution is 6.16. The highest BCUT2D eigenvalue weighted by Gasteiger charge is 2.58. The number of carbonyl (C=O) groups excluding carboxylic acids is 2. The molecule has 0 N–H and O–H groups in total. The molecule has 188 valence electrons. The van der Waals surface area contributed by atoms with Crippen LogP contribution in [0.4, 0.5) is 22.0 Å². The Balaban J connectivity index is 1.26. The minimum absolute atomic E-state index is 0.0356. The van der Waals surface area contributed by atoms with Crippen molar-refractivity contribution in [3.05, 3.63) is 59.2 Å². The van der Waals surface area contributed by atoms with E-state index in [-0.39, 0.29) is 46.2 Å². The van der Waals surface area contributed by atoms with E-state index in [0.29, 0.717) is 50.7 Å². The first-order chi connectivity index (χ1) is 17.1. The van der Waals surface area contributed by atoms with E-state index in [0.717, 1.165) is 18.9 Å². The molecular weight excluding hydrogens is 481 g/mol. The summed E-state index contributed by atoms with van der Waals surface area (Å²) in [6.07, 6.45) is -1.69. The number of halogens is 5. The second-order valence-electron chi connectivity index (χ2n) is 10.2. The topological polar surface area (TPSA) is 53.0 Å². The average molecular weight is 503 g/mol. The van der Waals surface area contributed by atoms with Crippen LogP contribution in [0.15, 0.2) is 41.4 Å². The van der Waals surface area contributed by atoms with Gasteiger partial charge in [0.1, 0.15) is 23.0 Å². The molecule has 2 aliphatic carbocycles. The normalized spacial score (nSPS) is 21.1. The number of hydrogen-bond acceptors (Lipinski definition) is 3. The van der Waals surface area contributed by atoms with Crippen molar-refractivity contribution in [2.75, 3.05) is 19.6 Å². The molecule has 0 aromatic heterocycles. The molecule has 2 aliphatic heterocycles. The van der Waals surface area contributed by atoms with E-state index in [9.17, 15) is 27.2 Å². The second-order valence-corrected chi connectivity index (χ2v) is 10.2. The molecule has 10 heteroatoms. The molecule has 2 aromatic rings. The number of benzene rings is 2. The van der Waals surface area contributed by atoms with Crippen LogP contribution in [0.25, 0.3) is 11.1 Å². The SMILES string of the molecule is O=C(C1CC1)N1CC(CN2C(=O)C3(CC3)N=C2c2ccc(-c3cc(C(F)(F)F)ccc3F)cc2F)C1. The maximum absolute atomic E-state index is 15.3. The van der Waals surface area contributed by atoms with Gasteiger partial charge in [-0.05, 0) is 61.6 Å². The van der Waals surface area contributed by atoms with Gasteiger partial charge in [-0.15, -0.1) is 0 Å². The summed E-state index contributed by atoms with van der Waals surface area (Å²) in [6, 6.07) is 5.62.